The number of benzene rings is 1. The van der Waals surface area contributed by atoms with Gasteiger partial charge in [0.25, 0.3) is 0 Å². The summed E-state index contributed by atoms with van der Waals surface area (Å²) in [6.45, 7) is 1.38. The van der Waals surface area contributed by atoms with Crippen LogP contribution in [-0.2, 0) is 11.0 Å². The molecule has 0 fully saturated rings. The normalized spacial score (nSPS) is 13.0. The number of nitrogens with two attached hydrogens (primary N) is 1. The van der Waals surface area contributed by atoms with Gasteiger partial charge in [-0.1, -0.05) is 0 Å². The van der Waals surface area contributed by atoms with Crippen molar-refractivity contribution < 1.29 is 22.7 Å². The Morgan fingerprint density at radius 3 is 2.50 bits per heavy atom. The summed E-state index contributed by atoms with van der Waals surface area (Å²) < 4.78 is 43.1. The summed E-state index contributed by atoms with van der Waals surface area (Å²) in [7, 11) is 1.26. The van der Waals surface area contributed by atoms with E-state index < -0.39 is 23.7 Å². The van der Waals surface area contributed by atoms with E-state index in [0.717, 1.165) is 12.1 Å². The lowest BCUT2D eigenvalue weighted by atomic mass is 10.1. The minimum atomic E-state index is -4.59. The van der Waals surface area contributed by atoms with Gasteiger partial charge in [0.1, 0.15) is 5.75 Å². The number of amides is 1. The number of ether oxygens (including phenoxy) is 1. The van der Waals surface area contributed by atoms with Crippen LogP contribution in [-0.4, -0.2) is 19.1 Å². The molecule has 7 heteroatoms. The Morgan fingerprint density at radius 2 is 2.06 bits per heavy atom. The van der Waals surface area contributed by atoms with Gasteiger partial charge in [-0.25, -0.2) is 0 Å². The zero-order valence-electron chi connectivity index (χ0n) is 9.84. The van der Waals surface area contributed by atoms with E-state index in [4.69, 9.17) is 10.5 Å². The van der Waals surface area contributed by atoms with Gasteiger partial charge < -0.3 is 15.8 Å². The molecule has 1 aromatic rings. The average Bonchev–Trinajstić information content (AvgIpc) is 2.27. The molecule has 0 heterocycles. The van der Waals surface area contributed by atoms with E-state index >= 15 is 0 Å². The molecular weight excluding hydrogens is 249 g/mol. The number of halogens is 3. The fourth-order valence-corrected chi connectivity index (χ4v) is 1.24. The molecule has 1 amide bonds. The van der Waals surface area contributed by atoms with Crippen LogP contribution in [0.5, 0.6) is 5.75 Å². The molecule has 0 spiro atoms. The smallest absolute Gasteiger partial charge is 0.418 e. The summed E-state index contributed by atoms with van der Waals surface area (Å²) in [6.07, 6.45) is -4.59. The first-order valence-electron chi connectivity index (χ1n) is 5.07. The maximum absolute atomic E-state index is 12.8. The predicted molar refractivity (Wildman–Crippen MR) is 60.3 cm³/mol. The van der Waals surface area contributed by atoms with Crippen LogP contribution < -0.4 is 15.8 Å². The van der Waals surface area contributed by atoms with Crippen molar-refractivity contribution in [2.45, 2.75) is 19.1 Å². The lowest BCUT2D eigenvalue weighted by molar-refractivity contribution is -0.137. The number of nitrogens with one attached hydrogen (secondary N) is 1. The third-order valence-corrected chi connectivity index (χ3v) is 2.20. The highest BCUT2D eigenvalue weighted by Gasteiger charge is 2.34. The second-order valence-corrected chi connectivity index (χ2v) is 3.69. The average molecular weight is 262 g/mol. The number of anilines is 1. The SMILES string of the molecule is COc1ccc(NC(=O)C(C)N)c(C(F)(F)F)c1. The molecule has 0 saturated heterocycles. The van der Waals surface area contributed by atoms with Crippen molar-refractivity contribution in [1.82, 2.24) is 0 Å². The second-order valence-electron chi connectivity index (χ2n) is 3.69. The van der Waals surface area contributed by atoms with E-state index in [2.05, 4.69) is 5.32 Å². The molecule has 0 radical (unpaired) electrons. The van der Waals surface area contributed by atoms with Gasteiger partial charge in [0, 0.05) is 0 Å². The van der Waals surface area contributed by atoms with Gasteiger partial charge in [0.2, 0.25) is 5.91 Å². The molecule has 0 saturated carbocycles. The van der Waals surface area contributed by atoms with Gasteiger partial charge in [0.05, 0.1) is 24.4 Å². The molecular formula is C11H13F3N2O2. The van der Waals surface area contributed by atoms with Gasteiger partial charge in [-0.05, 0) is 25.1 Å². The summed E-state index contributed by atoms with van der Waals surface area (Å²) in [5.74, 6) is -0.633. The largest absolute Gasteiger partial charge is 0.497 e. The standard InChI is InChI=1S/C11H13F3N2O2/c1-6(15)10(17)16-9-4-3-7(18-2)5-8(9)11(12,13)14/h3-6H,15H2,1-2H3,(H,16,17). The second kappa shape index (κ2) is 5.26. The van der Waals surface area contributed by atoms with Crippen LogP contribution in [0.3, 0.4) is 0 Å². The topological polar surface area (TPSA) is 64.3 Å². The first-order valence-corrected chi connectivity index (χ1v) is 5.07. The van der Waals surface area contributed by atoms with Crippen molar-refractivity contribution >= 4 is 11.6 Å². The number of methoxy groups -OCH3 is 1. The van der Waals surface area contributed by atoms with Crippen molar-refractivity contribution in [3.63, 3.8) is 0 Å². The minimum Gasteiger partial charge on any atom is -0.497 e. The molecule has 18 heavy (non-hydrogen) atoms. The molecule has 1 unspecified atom stereocenters. The zero-order valence-corrected chi connectivity index (χ0v) is 9.84. The monoisotopic (exact) mass is 262 g/mol. The van der Waals surface area contributed by atoms with Crippen LogP contribution in [0.25, 0.3) is 0 Å². The van der Waals surface area contributed by atoms with Crippen LogP contribution >= 0.6 is 0 Å². The van der Waals surface area contributed by atoms with Crippen LogP contribution in [0.1, 0.15) is 12.5 Å². The summed E-state index contributed by atoms with van der Waals surface area (Å²) >= 11 is 0. The summed E-state index contributed by atoms with van der Waals surface area (Å²) in [5, 5.41) is 2.13. The van der Waals surface area contributed by atoms with Crippen molar-refractivity contribution in [3.8, 4) is 5.75 Å². The molecule has 0 aliphatic heterocycles. The highest BCUT2D eigenvalue weighted by atomic mass is 19.4. The van der Waals surface area contributed by atoms with Crippen LogP contribution in [0.15, 0.2) is 18.2 Å². The third kappa shape index (κ3) is 3.36. The lowest BCUT2D eigenvalue weighted by Gasteiger charge is -2.15. The number of rotatable bonds is 3. The number of alkyl halides is 3. The van der Waals surface area contributed by atoms with Crippen molar-refractivity contribution in [2.75, 3.05) is 12.4 Å². The zero-order chi connectivity index (χ0) is 13.9. The third-order valence-electron chi connectivity index (χ3n) is 2.20. The summed E-state index contributed by atoms with van der Waals surface area (Å²) in [5.41, 5.74) is 3.96. The molecule has 1 atom stereocenters. The molecule has 4 nitrogen and oxygen atoms in total. The van der Waals surface area contributed by atoms with Gasteiger partial charge in [-0.3, -0.25) is 4.79 Å². The van der Waals surface area contributed by atoms with Crippen molar-refractivity contribution in [2.24, 2.45) is 5.73 Å². The first kappa shape index (κ1) is 14.3. The van der Waals surface area contributed by atoms with Gasteiger partial charge in [-0.15, -0.1) is 0 Å². The molecule has 1 rings (SSSR count). The Morgan fingerprint density at radius 1 is 1.44 bits per heavy atom. The molecule has 3 N–H and O–H groups in total. The Kier molecular flexibility index (Phi) is 4.18. The van der Waals surface area contributed by atoms with Crippen molar-refractivity contribution in [1.29, 1.82) is 0 Å². The fraction of sp³-hybridized carbons (Fsp3) is 0.364. The van der Waals surface area contributed by atoms with Gasteiger partial charge in [-0.2, -0.15) is 13.2 Å². The maximum Gasteiger partial charge on any atom is 0.418 e. The summed E-state index contributed by atoms with van der Waals surface area (Å²) in [4.78, 5) is 11.3. The number of hydrogen-bond donors (Lipinski definition) is 2. The predicted octanol–water partition coefficient (Wildman–Crippen LogP) is 2.00. The molecule has 1 aromatic carbocycles. The van der Waals surface area contributed by atoms with Crippen LogP contribution in [0.4, 0.5) is 18.9 Å². The lowest BCUT2D eigenvalue weighted by Crippen LogP contribution is -2.33. The Bertz CT molecular complexity index is 444. The molecule has 0 bridgehead atoms. The summed E-state index contributed by atoms with van der Waals surface area (Å²) in [6, 6.07) is 2.37. The molecule has 100 valence electrons. The molecule has 0 aliphatic rings. The van der Waals surface area contributed by atoms with E-state index in [1.807, 2.05) is 0 Å². The van der Waals surface area contributed by atoms with E-state index in [1.54, 1.807) is 0 Å². The first-order chi connectivity index (χ1) is 8.25. The highest BCUT2D eigenvalue weighted by molar-refractivity contribution is 5.95. The number of hydrogen-bond acceptors (Lipinski definition) is 3. The quantitative estimate of drug-likeness (QED) is 0.875. The minimum absolute atomic E-state index is 0.0566. The number of carbonyl (C=O) groups excluding carboxylic acids is 1. The van der Waals surface area contributed by atoms with E-state index in [0.29, 0.717) is 0 Å². The van der Waals surface area contributed by atoms with E-state index in [-0.39, 0.29) is 11.4 Å². The van der Waals surface area contributed by atoms with Gasteiger partial charge >= 0.3 is 6.18 Å². The van der Waals surface area contributed by atoms with E-state index in [9.17, 15) is 18.0 Å². The van der Waals surface area contributed by atoms with Crippen molar-refractivity contribution in [3.05, 3.63) is 23.8 Å². The molecule has 0 aromatic heterocycles. The van der Waals surface area contributed by atoms with Crippen LogP contribution in [0, 0.1) is 0 Å². The Balaban J connectivity index is 3.15. The Labute approximate surface area is 102 Å². The fourth-order valence-electron chi connectivity index (χ4n) is 1.24. The number of carbonyl (C=O) groups is 1. The highest BCUT2D eigenvalue weighted by Crippen LogP contribution is 2.37. The molecule has 0 aliphatic carbocycles. The van der Waals surface area contributed by atoms with Crippen LogP contribution in [0.2, 0.25) is 0 Å². The Hall–Kier alpha value is -1.76. The van der Waals surface area contributed by atoms with Gasteiger partial charge in [0.15, 0.2) is 0 Å². The maximum atomic E-state index is 12.8. The van der Waals surface area contributed by atoms with E-state index in [1.165, 1.54) is 20.1 Å².